The van der Waals surface area contributed by atoms with E-state index < -0.39 is 11.8 Å². The molecule has 0 aromatic rings. The first-order valence-electron chi connectivity index (χ1n) is 4.55. The van der Waals surface area contributed by atoms with Crippen molar-refractivity contribution in [1.29, 1.82) is 0 Å². The smallest absolute Gasteiger partial charge is 0.271 e. The van der Waals surface area contributed by atoms with Crippen LogP contribution in [0.25, 0.3) is 0 Å². The summed E-state index contributed by atoms with van der Waals surface area (Å²) < 4.78 is 0. The van der Waals surface area contributed by atoms with Crippen molar-refractivity contribution in [2.45, 2.75) is 13.8 Å². The molecule has 0 fully saturated rings. The molecule has 0 aromatic carbocycles. The van der Waals surface area contributed by atoms with Gasteiger partial charge in [-0.3, -0.25) is 14.4 Å². The molecule has 0 aromatic heterocycles. The number of carbonyl (C=O) groups excluding carboxylic acids is 3. The van der Waals surface area contributed by atoms with Gasteiger partial charge in [-0.2, -0.15) is 0 Å². The van der Waals surface area contributed by atoms with Crippen molar-refractivity contribution in [2.75, 3.05) is 0 Å². The second-order valence-electron chi connectivity index (χ2n) is 3.42. The van der Waals surface area contributed by atoms with E-state index >= 15 is 0 Å². The fraction of sp³-hybridized carbons (Fsp3) is 0.300. The quantitative estimate of drug-likeness (QED) is 0.544. The van der Waals surface area contributed by atoms with E-state index in [4.69, 9.17) is 5.73 Å². The molecule has 0 radical (unpaired) electrons. The molecule has 0 spiro atoms. The van der Waals surface area contributed by atoms with Crippen LogP contribution in [-0.2, 0) is 14.4 Å². The Labute approximate surface area is 93.6 Å². The zero-order valence-corrected chi connectivity index (χ0v) is 9.29. The summed E-state index contributed by atoms with van der Waals surface area (Å²) in [5.41, 5.74) is 4.44. The van der Waals surface area contributed by atoms with Crippen molar-refractivity contribution in [3.8, 4) is 0 Å². The molecule has 0 atom stereocenters. The van der Waals surface area contributed by atoms with Crippen LogP contribution in [0.3, 0.4) is 0 Å². The minimum absolute atomic E-state index is 0.166. The van der Waals surface area contributed by atoms with Crippen molar-refractivity contribution in [3.63, 3.8) is 0 Å². The molecule has 0 bridgehead atoms. The SMILES string of the molecule is C=C(NC(=O)C(=C)NC(=O)C(C)C)C(N)=O. The summed E-state index contributed by atoms with van der Waals surface area (Å²) in [6.45, 7) is 9.92. The van der Waals surface area contributed by atoms with E-state index in [-0.39, 0.29) is 23.2 Å². The van der Waals surface area contributed by atoms with E-state index in [1.54, 1.807) is 13.8 Å². The summed E-state index contributed by atoms with van der Waals surface area (Å²) in [4.78, 5) is 33.1. The Kier molecular flexibility index (Phi) is 4.94. The average molecular weight is 225 g/mol. The fourth-order valence-corrected chi connectivity index (χ4v) is 0.624. The predicted molar refractivity (Wildman–Crippen MR) is 58.6 cm³/mol. The minimum atomic E-state index is -0.851. The predicted octanol–water partition coefficient (Wildman–Crippen LogP) is -0.612. The molecule has 3 amide bonds. The van der Waals surface area contributed by atoms with Crippen LogP contribution in [0.15, 0.2) is 24.6 Å². The maximum Gasteiger partial charge on any atom is 0.271 e. The largest absolute Gasteiger partial charge is 0.364 e. The third kappa shape index (κ3) is 4.41. The maximum atomic E-state index is 11.3. The molecule has 0 aliphatic heterocycles. The Morgan fingerprint density at radius 3 is 1.94 bits per heavy atom. The number of amides is 3. The topological polar surface area (TPSA) is 101 Å². The van der Waals surface area contributed by atoms with Gasteiger partial charge in [0.2, 0.25) is 5.91 Å². The van der Waals surface area contributed by atoms with E-state index in [0.29, 0.717) is 0 Å². The number of nitrogens with two attached hydrogens (primary N) is 1. The van der Waals surface area contributed by atoms with Crippen molar-refractivity contribution in [2.24, 2.45) is 11.7 Å². The summed E-state index contributed by atoms with van der Waals surface area (Å²) in [6.07, 6.45) is 0. The van der Waals surface area contributed by atoms with Crippen LogP contribution < -0.4 is 16.4 Å². The van der Waals surface area contributed by atoms with Gasteiger partial charge in [-0.05, 0) is 0 Å². The molecule has 4 N–H and O–H groups in total. The van der Waals surface area contributed by atoms with Gasteiger partial charge in [-0.25, -0.2) is 0 Å². The van der Waals surface area contributed by atoms with Crippen LogP contribution in [0.4, 0.5) is 0 Å². The maximum absolute atomic E-state index is 11.3. The lowest BCUT2D eigenvalue weighted by molar-refractivity contribution is -0.125. The lowest BCUT2D eigenvalue weighted by Gasteiger charge is -2.10. The van der Waals surface area contributed by atoms with Gasteiger partial charge >= 0.3 is 0 Å². The summed E-state index contributed by atoms with van der Waals surface area (Å²) in [5.74, 6) is -2.19. The first-order valence-corrected chi connectivity index (χ1v) is 4.55. The summed E-state index contributed by atoms with van der Waals surface area (Å²) in [6, 6.07) is 0. The molecule has 0 unspecified atom stereocenters. The summed E-state index contributed by atoms with van der Waals surface area (Å²) in [5, 5.41) is 4.39. The Hall–Kier alpha value is -2.11. The van der Waals surface area contributed by atoms with Crippen molar-refractivity contribution in [1.82, 2.24) is 10.6 Å². The second-order valence-corrected chi connectivity index (χ2v) is 3.42. The number of nitrogens with one attached hydrogen (secondary N) is 2. The highest BCUT2D eigenvalue weighted by Crippen LogP contribution is 1.95. The Morgan fingerprint density at radius 2 is 1.56 bits per heavy atom. The first kappa shape index (κ1) is 13.9. The Balaban J connectivity index is 4.31. The van der Waals surface area contributed by atoms with Gasteiger partial charge in [-0.15, -0.1) is 0 Å². The van der Waals surface area contributed by atoms with Crippen molar-refractivity contribution >= 4 is 17.7 Å². The molecule has 0 saturated carbocycles. The molecule has 0 heterocycles. The first-order chi connectivity index (χ1) is 7.25. The molecule has 0 aliphatic rings. The van der Waals surface area contributed by atoms with Crippen LogP contribution in [0, 0.1) is 5.92 Å². The summed E-state index contributed by atoms with van der Waals surface area (Å²) in [7, 11) is 0. The third-order valence-corrected chi connectivity index (χ3v) is 1.63. The fourth-order valence-electron chi connectivity index (χ4n) is 0.624. The van der Waals surface area contributed by atoms with Crippen molar-refractivity contribution in [3.05, 3.63) is 24.6 Å². The zero-order valence-electron chi connectivity index (χ0n) is 9.29. The minimum Gasteiger partial charge on any atom is -0.364 e. The van der Waals surface area contributed by atoms with E-state index in [1.807, 2.05) is 0 Å². The molecule has 6 nitrogen and oxygen atoms in total. The lowest BCUT2D eigenvalue weighted by Crippen LogP contribution is -2.38. The van der Waals surface area contributed by atoms with Gasteiger partial charge in [0.25, 0.3) is 11.8 Å². The van der Waals surface area contributed by atoms with Crippen LogP contribution in [0.1, 0.15) is 13.8 Å². The van der Waals surface area contributed by atoms with Gasteiger partial charge in [0.05, 0.1) is 11.4 Å². The van der Waals surface area contributed by atoms with E-state index in [2.05, 4.69) is 23.8 Å². The van der Waals surface area contributed by atoms with Crippen LogP contribution in [-0.4, -0.2) is 17.7 Å². The van der Waals surface area contributed by atoms with Gasteiger partial charge in [0, 0.05) is 5.92 Å². The van der Waals surface area contributed by atoms with Crippen LogP contribution >= 0.6 is 0 Å². The third-order valence-electron chi connectivity index (χ3n) is 1.63. The van der Waals surface area contributed by atoms with Gasteiger partial charge in [0.15, 0.2) is 0 Å². The standard InChI is InChI=1S/C10H15N3O3/c1-5(2)9(15)13-7(4)10(16)12-6(3)8(11)14/h5H,3-4H2,1-2H3,(H2,11,14)(H,12,16)(H,13,15). The van der Waals surface area contributed by atoms with Gasteiger partial charge in [0.1, 0.15) is 0 Å². The average Bonchev–Trinajstić information content (AvgIpc) is 2.16. The zero-order chi connectivity index (χ0) is 12.9. The molecule has 6 heteroatoms. The summed E-state index contributed by atoms with van der Waals surface area (Å²) >= 11 is 0. The lowest BCUT2D eigenvalue weighted by atomic mass is 10.2. The highest BCUT2D eigenvalue weighted by molar-refractivity contribution is 6.02. The highest BCUT2D eigenvalue weighted by atomic mass is 16.2. The van der Waals surface area contributed by atoms with Gasteiger partial charge in [-0.1, -0.05) is 27.0 Å². The molecule has 0 rings (SSSR count). The molecule has 0 aliphatic carbocycles. The van der Waals surface area contributed by atoms with Crippen molar-refractivity contribution < 1.29 is 14.4 Å². The Bertz CT molecular complexity index is 358. The van der Waals surface area contributed by atoms with E-state index in [1.165, 1.54) is 0 Å². The second kappa shape index (κ2) is 5.69. The van der Waals surface area contributed by atoms with E-state index in [9.17, 15) is 14.4 Å². The number of hydrogen-bond acceptors (Lipinski definition) is 3. The van der Waals surface area contributed by atoms with E-state index in [0.717, 1.165) is 0 Å². The number of carbonyl (C=O) groups is 3. The Morgan fingerprint density at radius 1 is 1.06 bits per heavy atom. The van der Waals surface area contributed by atoms with Crippen LogP contribution in [0.5, 0.6) is 0 Å². The monoisotopic (exact) mass is 225 g/mol. The molecule has 88 valence electrons. The molecule has 16 heavy (non-hydrogen) atoms. The van der Waals surface area contributed by atoms with Gasteiger partial charge < -0.3 is 16.4 Å². The molecular formula is C10H15N3O3. The molecular weight excluding hydrogens is 210 g/mol. The van der Waals surface area contributed by atoms with Crippen LogP contribution in [0.2, 0.25) is 0 Å². The number of primary amides is 1. The molecule has 0 saturated heterocycles. The normalized spacial score (nSPS) is 9.44. The number of rotatable bonds is 5. The highest BCUT2D eigenvalue weighted by Gasteiger charge is 2.14. The number of hydrogen-bond donors (Lipinski definition) is 3.